The smallest absolute Gasteiger partial charge is 0.0593 e. The van der Waals surface area contributed by atoms with E-state index in [4.69, 9.17) is 15.2 Å². The van der Waals surface area contributed by atoms with E-state index in [0.29, 0.717) is 6.54 Å². The normalized spacial score (nSPS) is 23.4. The molecule has 15 heavy (non-hydrogen) atoms. The highest BCUT2D eigenvalue weighted by Gasteiger charge is 2.30. The summed E-state index contributed by atoms with van der Waals surface area (Å²) in [5.74, 6) is 0. The first-order chi connectivity index (χ1) is 7.23. The lowest BCUT2D eigenvalue weighted by Gasteiger charge is -2.39. The van der Waals surface area contributed by atoms with Crippen LogP contribution in [0.15, 0.2) is 0 Å². The summed E-state index contributed by atoms with van der Waals surface area (Å²) in [5.41, 5.74) is 5.95. The lowest BCUT2D eigenvalue weighted by Crippen LogP contribution is -2.53. The van der Waals surface area contributed by atoms with Crippen LogP contribution in [0.4, 0.5) is 0 Å². The summed E-state index contributed by atoms with van der Waals surface area (Å²) in [7, 11) is 1.74. The van der Waals surface area contributed by atoms with Crippen molar-refractivity contribution in [2.24, 2.45) is 5.73 Å². The van der Waals surface area contributed by atoms with Crippen LogP contribution in [-0.2, 0) is 9.47 Å². The average molecular weight is 216 g/mol. The fraction of sp³-hybridized carbons (Fsp3) is 1.00. The van der Waals surface area contributed by atoms with Gasteiger partial charge in [-0.15, -0.1) is 0 Å². The molecule has 0 aromatic carbocycles. The van der Waals surface area contributed by atoms with E-state index in [2.05, 4.69) is 11.8 Å². The Balaban J connectivity index is 2.52. The van der Waals surface area contributed by atoms with Gasteiger partial charge in [0.05, 0.1) is 6.61 Å². The lowest BCUT2D eigenvalue weighted by atomic mass is 9.95. The first kappa shape index (κ1) is 12.9. The molecule has 0 aliphatic carbocycles. The molecule has 90 valence electrons. The molecule has 1 saturated heterocycles. The highest BCUT2D eigenvalue weighted by atomic mass is 16.5. The van der Waals surface area contributed by atoms with Crippen LogP contribution in [0.2, 0.25) is 0 Å². The molecule has 1 aliphatic heterocycles. The standard InChI is InChI=1S/C11H24N2O2/c1-11(10-12,4-8-14-2)13-5-3-7-15-9-6-13/h3-10,12H2,1-2H3. The first-order valence-corrected chi connectivity index (χ1v) is 5.75. The molecule has 2 N–H and O–H groups in total. The van der Waals surface area contributed by atoms with E-state index >= 15 is 0 Å². The minimum absolute atomic E-state index is 0.0592. The van der Waals surface area contributed by atoms with E-state index < -0.39 is 0 Å². The van der Waals surface area contributed by atoms with Crippen molar-refractivity contribution in [3.63, 3.8) is 0 Å². The largest absolute Gasteiger partial charge is 0.385 e. The number of hydrogen-bond acceptors (Lipinski definition) is 4. The minimum atomic E-state index is 0.0592. The van der Waals surface area contributed by atoms with Gasteiger partial charge in [-0.1, -0.05) is 0 Å². The van der Waals surface area contributed by atoms with Crippen LogP contribution in [0.25, 0.3) is 0 Å². The fourth-order valence-corrected chi connectivity index (χ4v) is 2.00. The zero-order chi connectivity index (χ0) is 11.1. The van der Waals surface area contributed by atoms with Gasteiger partial charge in [0.1, 0.15) is 0 Å². The molecule has 0 bridgehead atoms. The second-order valence-electron chi connectivity index (χ2n) is 4.40. The summed E-state index contributed by atoms with van der Waals surface area (Å²) in [6, 6.07) is 0. The SMILES string of the molecule is COCCC(C)(CN)N1CCCOCC1. The summed E-state index contributed by atoms with van der Waals surface area (Å²) >= 11 is 0. The topological polar surface area (TPSA) is 47.7 Å². The molecule has 1 unspecified atom stereocenters. The Bertz CT molecular complexity index is 170. The van der Waals surface area contributed by atoms with Gasteiger partial charge in [-0.25, -0.2) is 0 Å². The Hall–Kier alpha value is -0.160. The van der Waals surface area contributed by atoms with Crippen molar-refractivity contribution in [1.29, 1.82) is 0 Å². The zero-order valence-electron chi connectivity index (χ0n) is 10.00. The molecule has 4 nitrogen and oxygen atoms in total. The van der Waals surface area contributed by atoms with Crippen molar-refractivity contribution in [3.8, 4) is 0 Å². The van der Waals surface area contributed by atoms with Gasteiger partial charge in [-0.3, -0.25) is 4.90 Å². The van der Waals surface area contributed by atoms with Crippen molar-refractivity contribution in [1.82, 2.24) is 4.90 Å². The Morgan fingerprint density at radius 3 is 2.87 bits per heavy atom. The predicted octanol–water partition coefficient (Wildman–Crippen LogP) is 0.463. The Labute approximate surface area is 92.7 Å². The van der Waals surface area contributed by atoms with Gasteiger partial charge in [0.15, 0.2) is 0 Å². The Morgan fingerprint density at radius 2 is 2.20 bits per heavy atom. The molecule has 0 spiro atoms. The average Bonchev–Trinajstić information content (AvgIpc) is 2.54. The number of methoxy groups -OCH3 is 1. The van der Waals surface area contributed by atoms with E-state index in [-0.39, 0.29) is 5.54 Å². The third-order valence-electron chi connectivity index (χ3n) is 3.27. The zero-order valence-corrected chi connectivity index (χ0v) is 10.00. The summed E-state index contributed by atoms with van der Waals surface area (Å²) in [5, 5.41) is 0. The van der Waals surface area contributed by atoms with E-state index in [1.807, 2.05) is 0 Å². The van der Waals surface area contributed by atoms with Crippen molar-refractivity contribution in [3.05, 3.63) is 0 Å². The van der Waals surface area contributed by atoms with Crippen molar-refractivity contribution < 1.29 is 9.47 Å². The van der Waals surface area contributed by atoms with Gasteiger partial charge < -0.3 is 15.2 Å². The highest BCUT2D eigenvalue weighted by molar-refractivity contribution is 4.87. The van der Waals surface area contributed by atoms with Crippen molar-refractivity contribution in [2.45, 2.75) is 25.3 Å². The number of hydrogen-bond donors (Lipinski definition) is 1. The number of rotatable bonds is 5. The summed E-state index contributed by atoms with van der Waals surface area (Å²) in [6.45, 7) is 7.43. The molecule has 1 atom stereocenters. The predicted molar refractivity (Wildman–Crippen MR) is 61.0 cm³/mol. The molecule has 1 heterocycles. The number of nitrogens with two attached hydrogens (primary N) is 1. The second-order valence-corrected chi connectivity index (χ2v) is 4.40. The third-order valence-corrected chi connectivity index (χ3v) is 3.27. The first-order valence-electron chi connectivity index (χ1n) is 5.75. The Morgan fingerprint density at radius 1 is 1.40 bits per heavy atom. The summed E-state index contributed by atoms with van der Waals surface area (Å²) in [6.07, 6.45) is 2.09. The van der Waals surface area contributed by atoms with E-state index in [9.17, 15) is 0 Å². The molecule has 0 aromatic rings. The molecular weight excluding hydrogens is 192 g/mol. The van der Waals surface area contributed by atoms with E-state index in [1.165, 1.54) is 0 Å². The molecule has 1 rings (SSSR count). The van der Waals surface area contributed by atoms with Crippen molar-refractivity contribution >= 4 is 0 Å². The minimum Gasteiger partial charge on any atom is -0.385 e. The lowest BCUT2D eigenvalue weighted by molar-refractivity contribution is 0.0629. The third kappa shape index (κ3) is 3.72. The monoisotopic (exact) mass is 216 g/mol. The number of ether oxygens (including phenoxy) is 2. The maximum Gasteiger partial charge on any atom is 0.0593 e. The van der Waals surface area contributed by atoms with Gasteiger partial charge in [-0.2, -0.15) is 0 Å². The molecule has 1 fully saturated rings. The van der Waals surface area contributed by atoms with Crippen molar-refractivity contribution in [2.75, 3.05) is 46.6 Å². The fourth-order valence-electron chi connectivity index (χ4n) is 2.00. The van der Waals surface area contributed by atoms with Crippen LogP contribution in [0, 0.1) is 0 Å². The molecule has 1 aliphatic rings. The van der Waals surface area contributed by atoms with Crippen LogP contribution in [0.5, 0.6) is 0 Å². The second kappa shape index (κ2) is 6.43. The van der Waals surface area contributed by atoms with E-state index in [0.717, 1.165) is 45.8 Å². The summed E-state index contributed by atoms with van der Waals surface area (Å²) < 4.78 is 10.6. The Kier molecular flexibility index (Phi) is 5.53. The maximum atomic E-state index is 5.89. The van der Waals surface area contributed by atoms with Gasteiger partial charge >= 0.3 is 0 Å². The molecular formula is C11H24N2O2. The number of nitrogens with zero attached hydrogens (tertiary/aromatic N) is 1. The molecule has 0 radical (unpaired) electrons. The molecule has 0 amide bonds. The van der Waals surface area contributed by atoms with Crippen LogP contribution >= 0.6 is 0 Å². The quantitative estimate of drug-likeness (QED) is 0.725. The summed E-state index contributed by atoms with van der Waals surface area (Å²) in [4.78, 5) is 2.44. The van der Waals surface area contributed by atoms with Gasteiger partial charge in [0.2, 0.25) is 0 Å². The van der Waals surface area contributed by atoms with Crippen LogP contribution in [0.3, 0.4) is 0 Å². The van der Waals surface area contributed by atoms with E-state index in [1.54, 1.807) is 7.11 Å². The van der Waals surface area contributed by atoms with Crippen LogP contribution < -0.4 is 5.73 Å². The van der Waals surface area contributed by atoms with Gasteiger partial charge in [0.25, 0.3) is 0 Å². The van der Waals surface area contributed by atoms with Crippen LogP contribution in [-0.4, -0.2) is 57.0 Å². The van der Waals surface area contributed by atoms with Gasteiger partial charge in [-0.05, 0) is 19.8 Å². The maximum absolute atomic E-state index is 5.89. The van der Waals surface area contributed by atoms with Crippen LogP contribution in [0.1, 0.15) is 19.8 Å². The molecule has 4 heteroatoms. The molecule has 0 saturated carbocycles. The highest BCUT2D eigenvalue weighted by Crippen LogP contribution is 2.19. The van der Waals surface area contributed by atoms with Gasteiger partial charge in [0, 0.05) is 45.5 Å². The molecule has 0 aromatic heterocycles.